The molecule has 1 aromatic heterocycles. The standard InChI is InChI=1S/C37H36FN3O5S/c1-3-47(44,45)40-31-22-32-30(34(36(42)39-2)35(46-32)26-16-18-28(38)19-17-26)21-29(31)27-15-10-20-41(23-27)37(43)33(24-11-6-4-7-12-24)25-13-8-5-9-14-25/h4-9,11-14,16-19,21-22,27,33,40H,3,10,15,20,23H2,1-2H3,(H,39,42)/t27-/m0/s1. The van der Waals surface area contributed by atoms with E-state index in [0.717, 1.165) is 11.1 Å². The van der Waals surface area contributed by atoms with Gasteiger partial charge in [0.2, 0.25) is 15.9 Å². The number of sulfonamides is 1. The lowest BCUT2D eigenvalue weighted by Gasteiger charge is -2.36. The maximum Gasteiger partial charge on any atom is 0.255 e. The highest BCUT2D eigenvalue weighted by atomic mass is 32.2. The number of furan rings is 1. The highest BCUT2D eigenvalue weighted by Gasteiger charge is 2.33. The molecule has 1 atom stereocenters. The average molecular weight is 654 g/mol. The molecule has 0 spiro atoms. The Hall–Kier alpha value is -4.96. The number of benzene rings is 4. The van der Waals surface area contributed by atoms with Gasteiger partial charge in [-0.2, -0.15) is 0 Å². The molecular weight excluding hydrogens is 617 g/mol. The Morgan fingerprint density at radius 3 is 2.19 bits per heavy atom. The Morgan fingerprint density at radius 1 is 0.957 bits per heavy atom. The van der Waals surface area contributed by atoms with E-state index in [1.165, 1.54) is 31.3 Å². The minimum absolute atomic E-state index is 0.0307. The number of hydrogen-bond acceptors (Lipinski definition) is 5. The summed E-state index contributed by atoms with van der Waals surface area (Å²) in [4.78, 5) is 29.5. The van der Waals surface area contributed by atoms with Crippen molar-refractivity contribution in [1.29, 1.82) is 0 Å². The van der Waals surface area contributed by atoms with E-state index in [9.17, 15) is 22.4 Å². The largest absolute Gasteiger partial charge is 0.455 e. The molecule has 2 N–H and O–H groups in total. The molecule has 5 aromatic rings. The van der Waals surface area contributed by atoms with Gasteiger partial charge in [0, 0.05) is 43.1 Å². The Bertz CT molecular complexity index is 1970. The fourth-order valence-electron chi connectivity index (χ4n) is 6.36. The summed E-state index contributed by atoms with van der Waals surface area (Å²) >= 11 is 0. The first-order chi connectivity index (χ1) is 22.7. The van der Waals surface area contributed by atoms with Gasteiger partial charge in [-0.1, -0.05) is 60.7 Å². The third-order valence-electron chi connectivity index (χ3n) is 8.75. The second kappa shape index (κ2) is 13.4. The molecule has 0 saturated carbocycles. The lowest BCUT2D eigenvalue weighted by molar-refractivity contribution is -0.133. The summed E-state index contributed by atoms with van der Waals surface area (Å²) in [5.74, 6) is -1.48. The van der Waals surface area contributed by atoms with E-state index in [4.69, 9.17) is 4.42 Å². The topological polar surface area (TPSA) is 109 Å². The van der Waals surface area contributed by atoms with Crippen molar-refractivity contribution in [3.8, 4) is 11.3 Å². The van der Waals surface area contributed by atoms with Crippen molar-refractivity contribution in [3.05, 3.63) is 125 Å². The number of likely N-dealkylation sites (tertiary alicyclic amines) is 1. The molecule has 242 valence electrons. The van der Waals surface area contributed by atoms with Crippen molar-refractivity contribution < 1.29 is 26.8 Å². The molecule has 6 rings (SSSR count). The normalized spacial score (nSPS) is 15.1. The van der Waals surface area contributed by atoms with Crippen LogP contribution in [0, 0.1) is 5.82 Å². The zero-order chi connectivity index (χ0) is 33.1. The van der Waals surface area contributed by atoms with E-state index in [1.54, 1.807) is 19.1 Å². The summed E-state index contributed by atoms with van der Waals surface area (Å²) in [6, 6.07) is 28.4. The third kappa shape index (κ3) is 6.64. The predicted molar refractivity (Wildman–Crippen MR) is 181 cm³/mol. The van der Waals surface area contributed by atoms with E-state index in [-0.39, 0.29) is 28.9 Å². The molecule has 0 aliphatic carbocycles. The average Bonchev–Trinajstić information content (AvgIpc) is 3.47. The van der Waals surface area contributed by atoms with Crippen molar-refractivity contribution in [2.24, 2.45) is 0 Å². The first-order valence-electron chi connectivity index (χ1n) is 15.7. The Labute approximate surface area is 273 Å². The van der Waals surface area contributed by atoms with Crippen LogP contribution in [0.2, 0.25) is 0 Å². The van der Waals surface area contributed by atoms with E-state index < -0.39 is 27.7 Å². The maximum absolute atomic E-state index is 14.3. The second-order valence-electron chi connectivity index (χ2n) is 11.7. The van der Waals surface area contributed by atoms with Crippen LogP contribution in [0.5, 0.6) is 0 Å². The highest BCUT2D eigenvalue weighted by molar-refractivity contribution is 7.92. The number of fused-ring (bicyclic) bond motifs is 1. The molecular formula is C37H36FN3O5S. The number of carbonyl (C=O) groups excluding carboxylic acids is 2. The minimum atomic E-state index is -3.69. The van der Waals surface area contributed by atoms with E-state index in [0.29, 0.717) is 53.7 Å². The van der Waals surface area contributed by atoms with Crippen LogP contribution in [0.25, 0.3) is 22.3 Å². The third-order valence-corrected chi connectivity index (χ3v) is 10.0. The van der Waals surface area contributed by atoms with Crippen LogP contribution in [0.3, 0.4) is 0 Å². The highest BCUT2D eigenvalue weighted by Crippen LogP contribution is 2.41. The smallest absolute Gasteiger partial charge is 0.255 e. The fourth-order valence-corrected chi connectivity index (χ4v) is 7.02. The summed E-state index contributed by atoms with van der Waals surface area (Å²) in [7, 11) is -2.18. The van der Waals surface area contributed by atoms with Gasteiger partial charge in [-0.05, 0) is 66.8 Å². The van der Waals surface area contributed by atoms with Gasteiger partial charge in [0.25, 0.3) is 5.91 Å². The lowest BCUT2D eigenvalue weighted by atomic mass is 9.85. The summed E-state index contributed by atoms with van der Waals surface area (Å²) in [5.41, 5.74) is 3.86. The molecule has 0 unspecified atom stereocenters. The summed E-state index contributed by atoms with van der Waals surface area (Å²) in [5, 5.41) is 3.16. The number of anilines is 1. The molecule has 1 aliphatic rings. The van der Waals surface area contributed by atoms with Crippen molar-refractivity contribution in [2.45, 2.75) is 31.6 Å². The molecule has 2 heterocycles. The first kappa shape index (κ1) is 32.0. The van der Waals surface area contributed by atoms with E-state index in [2.05, 4.69) is 10.0 Å². The summed E-state index contributed by atoms with van der Waals surface area (Å²) < 4.78 is 48.5. The van der Waals surface area contributed by atoms with Gasteiger partial charge in [-0.3, -0.25) is 14.3 Å². The monoisotopic (exact) mass is 653 g/mol. The molecule has 4 aromatic carbocycles. The summed E-state index contributed by atoms with van der Waals surface area (Å²) in [6.45, 7) is 2.48. The quantitative estimate of drug-likeness (QED) is 0.180. The molecule has 8 nitrogen and oxygen atoms in total. The Balaban J connectivity index is 1.44. The van der Waals surface area contributed by atoms with Crippen LogP contribution in [0.1, 0.15) is 58.6 Å². The Morgan fingerprint density at radius 2 is 1.60 bits per heavy atom. The lowest BCUT2D eigenvalue weighted by Crippen LogP contribution is -2.42. The zero-order valence-electron chi connectivity index (χ0n) is 26.2. The van der Waals surface area contributed by atoms with Crippen LogP contribution in [-0.2, 0) is 14.8 Å². The van der Waals surface area contributed by atoms with E-state index in [1.807, 2.05) is 65.6 Å². The molecule has 0 radical (unpaired) electrons. The van der Waals surface area contributed by atoms with Crippen molar-refractivity contribution in [1.82, 2.24) is 10.2 Å². The van der Waals surface area contributed by atoms with Crippen molar-refractivity contribution in [3.63, 3.8) is 0 Å². The summed E-state index contributed by atoms with van der Waals surface area (Å²) in [6.07, 6.45) is 1.41. The number of rotatable bonds is 9. The predicted octanol–water partition coefficient (Wildman–Crippen LogP) is 6.90. The zero-order valence-corrected chi connectivity index (χ0v) is 27.0. The van der Waals surface area contributed by atoms with Crippen molar-refractivity contribution in [2.75, 3.05) is 30.6 Å². The molecule has 10 heteroatoms. The molecule has 1 aliphatic heterocycles. The molecule has 2 amide bonds. The number of hydrogen-bond donors (Lipinski definition) is 2. The number of carbonyl (C=O) groups is 2. The number of halogens is 1. The van der Waals surface area contributed by atoms with Crippen LogP contribution < -0.4 is 10.0 Å². The second-order valence-corrected chi connectivity index (χ2v) is 13.7. The van der Waals surface area contributed by atoms with Gasteiger partial charge in [0.1, 0.15) is 17.2 Å². The number of piperidine rings is 1. The van der Waals surface area contributed by atoms with Gasteiger partial charge in [-0.25, -0.2) is 12.8 Å². The fraction of sp³-hybridized carbons (Fsp3) is 0.243. The molecule has 1 saturated heterocycles. The van der Waals surface area contributed by atoms with Crippen LogP contribution in [-0.4, -0.2) is 51.0 Å². The molecule has 1 fully saturated rings. The number of nitrogens with one attached hydrogen (secondary N) is 2. The molecule has 0 bridgehead atoms. The Kier molecular flexibility index (Phi) is 9.13. The van der Waals surface area contributed by atoms with Gasteiger partial charge >= 0.3 is 0 Å². The van der Waals surface area contributed by atoms with Crippen LogP contribution in [0.4, 0.5) is 10.1 Å². The van der Waals surface area contributed by atoms with Crippen molar-refractivity contribution >= 4 is 38.5 Å². The number of amides is 2. The van der Waals surface area contributed by atoms with Crippen LogP contribution in [0.15, 0.2) is 101 Å². The van der Waals surface area contributed by atoms with Gasteiger partial charge in [0.15, 0.2) is 0 Å². The molecule has 47 heavy (non-hydrogen) atoms. The van der Waals surface area contributed by atoms with Crippen LogP contribution >= 0.6 is 0 Å². The minimum Gasteiger partial charge on any atom is -0.455 e. The number of nitrogens with zero attached hydrogens (tertiary/aromatic N) is 1. The van der Waals surface area contributed by atoms with Gasteiger partial charge in [0.05, 0.1) is 22.9 Å². The van der Waals surface area contributed by atoms with Gasteiger partial charge in [-0.15, -0.1) is 0 Å². The maximum atomic E-state index is 14.3. The SMILES string of the molecule is CCS(=O)(=O)Nc1cc2oc(-c3ccc(F)cc3)c(C(=O)NC)c2cc1[C@H]1CCCN(C(=O)C(c2ccccc2)c2ccccc2)C1. The van der Waals surface area contributed by atoms with E-state index >= 15 is 0 Å². The first-order valence-corrected chi connectivity index (χ1v) is 17.3. The van der Waals surface area contributed by atoms with Gasteiger partial charge < -0.3 is 14.6 Å².